The number of hydrogen-bond acceptors (Lipinski definition) is 3. The molecule has 0 radical (unpaired) electrons. The molecular weight excluding hydrogens is 187 g/mol. The standard InChI is InChI=1S/C7H12F3NO2/c1-3-11(4-6(12)13-2)5-7(8,9)10/h3-5H2,1-2H3. The van der Waals surface area contributed by atoms with Crippen molar-refractivity contribution in [2.24, 2.45) is 0 Å². The van der Waals surface area contributed by atoms with Gasteiger partial charge in [-0.2, -0.15) is 13.2 Å². The van der Waals surface area contributed by atoms with Crippen molar-refractivity contribution in [2.75, 3.05) is 26.7 Å². The predicted octanol–water partition coefficient (Wildman–Crippen LogP) is 1.04. The first kappa shape index (κ1) is 12.2. The molecular formula is C7H12F3NO2. The van der Waals surface area contributed by atoms with Gasteiger partial charge in [-0.05, 0) is 6.54 Å². The lowest BCUT2D eigenvalue weighted by atomic mass is 10.4. The minimum atomic E-state index is -4.27. The van der Waals surface area contributed by atoms with E-state index in [2.05, 4.69) is 4.74 Å². The van der Waals surface area contributed by atoms with E-state index in [1.54, 1.807) is 6.92 Å². The summed E-state index contributed by atoms with van der Waals surface area (Å²) in [5, 5.41) is 0. The van der Waals surface area contributed by atoms with Crippen LogP contribution in [0.15, 0.2) is 0 Å². The van der Waals surface area contributed by atoms with E-state index < -0.39 is 18.7 Å². The van der Waals surface area contributed by atoms with Crippen LogP contribution in [0.1, 0.15) is 6.92 Å². The topological polar surface area (TPSA) is 29.5 Å². The molecule has 0 spiro atoms. The Morgan fingerprint density at radius 1 is 1.46 bits per heavy atom. The number of likely N-dealkylation sites (N-methyl/N-ethyl adjacent to an activating group) is 1. The van der Waals surface area contributed by atoms with Gasteiger partial charge < -0.3 is 4.74 Å². The van der Waals surface area contributed by atoms with E-state index in [1.807, 2.05) is 0 Å². The van der Waals surface area contributed by atoms with Gasteiger partial charge in [-0.15, -0.1) is 0 Å². The molecule has 0 saturated heterocycles. The molecule has 6 heteroatoms. The number of hydrogen-bond donors (Lipinski definition) is 0. The number of carbonyl (C=O) groups excluding carboxylic acids is 1. The summed E-state index contributed by atoms with van der Waals surface area (Å²) in [5.74, 6) is -0.661. The van der Waals surface area contributed by atoms with E-state index >= 15 is 0 Å². The molecule has 0 atom stereocenters. The van der Waals surface area contributed by atoms with Crippen LogP contribution < -0.4 is 0 Å². The molecule has 0 aromatic carbocycles. The molecule has 0 aromatic rings. The smallest absolute Gasteiger partial charge is 0.401 e. The first-order chi connectivity index (χ1) is 5.89. The summed E-state index contributed by atoms with van der Waals surface area (Å²) in [5.41, 5.74) is 0. The molecule has 0 rings (SSSR count). The normalized spacial score (nSPS) is 11.8. The van der Waals surface area contributed by atoms with Gasteiger partial charge in [0.05, 0.1) is 20.2 Å². The average molecular weight is 199 g/mol. The van der Waals surface area contributed by atoms with Crippen molar-refractivity contribution < 1.29 is 22.7 Å². The van der Waals surface area contributed by atoms with E-state index in [9.17, 15) is 18.0 Å². The highest BCUT2D eigenvalue weighted by Gasteiger charge is 2.30. The minimum Gasteiger partial charge on any atom is -0.468 e. The molecule has 13 heavy (non-hydrogen) atoms. The molecule has 0 bridgehead atoms. The van der Waals surface area contributed by atoms with Crippen molar-refractivity contribution in [3.05, 3.63) is 0 Å². The van der Waals surface area contributed by atoms with Gasteiger partial charge in [-0.1, -0.05) is 6.92 Å². The van der Waals surface area contributed by atoms with Crippen molar-refractivity contribution >= 4 is 5.97 Å². The van der Waals surface area contributed by atoms with Crippen molar-refractivity contribution in [3.63, 3.8) is 0 Å². The van der Waals surface area contributed by atoms with Crippen LogP contribution in [0.3, 0.4) is 0 Å². The lowest BCUT2D eigenvalue weighted by molar-refractivity contribution is -0.155. The Bertz CT molecular complexity index is 170. The Hall–Kier alpha value is -0.780. The number of carbonyl (C=O) groups is 1. The summed E-state index contributed by atoms with van der Waals surface area (Å²) in [6, 6.07) is 0. The van der Waals surface area contributed by atoms with Gasteiger partial charge in [0.2, 0.25) is 0 Å². The second-order valence-corrected chi connectivity index (χ2v) is 2.49. The molecule has 0 fully saturated rings. The molecule has 0 N–H and O–H groups in total. The van der Waals surface area contributed by atoms with E-state index in [0.717, 1.165) is 12.0 Å². The van der Waals surface area contributed by atoms with Crippen molar-refractivity contribution in [2.45, 2.75) is 13.1 Å². The van der Waals surface area contributed by atoms with Crippen LogP contribution in [0.5, 0.6) is 0 Å². The van der Waals surface area contributed by atoms with Crippen LogP contribution in [0.4, 0.5) is 13.2 Å². The molecule has 0 unspecified atom stereocenters. The maximum atomic E-state index is 11.9. The number of esters is 1. The van der Waals surface area contributed by atoms with Crippen molar-refractivity contribution in [1.29, 1.82) is 0 Å². The number of methoxy groups -OCH3 is 1. The zero-order valence-electron chi connectivity index (χ0n) is 7.52. The monoisotopic (exact) mass is 199 g/mol. The highest BCUT2D eigenvalue weighted by molar-refractivity contribution is 5.71. The van der Waals surface area contributed by atoms with Crippen LogP contribution in [-0.2, 0) is 9.53 Å². The molecule has 3 nitrogen and oxygen atoms in total. The maximum absolute atomic E-state index is 11.9. The van der Waals surface area contributed by atoms with Gasteiger partial charge >= 0.3 is 12.1 Å². The molecule has 0 heterocycles. The van der Waals surface area contributed by atoms with E-state index in [-0.39, 0.29) is 13.1 Å². The number of nitrogens with zero attached hydrogens (tertiary/aromatic N) is 1. The summed E-state index contributed by atoms with van der Waals surface area (Å²) in [4.78, 5) is 11.6. The Morgan fingerprint density at radius 2 is 2.00 bits per heavy atom. The van der Waals surface area contributed by atoms with E-state index in [4.69, 9.17) is 0 Å². The van der Waals surface area contributed by atoms with Crippen molar-refractivity contribution in [1.82, 2.24) is 4.90 Å². The Balaban J connectivity index is 3.97. The zero-order valence-corrected chi connectivity index (χ0v) is 7.52. The Morgan fingerprint density at radius 3 is 2.31 bits per heavy atom. The third-order valence-corrected chi connectivity index (χ3v) is 1.43. The summed E-state index contributed by atoms with van der Waals surface area (Å²) in [6.45, 7) is 0.300. The van der Waals surface area contributed by atoms with Gasteiger partial charge in [0, 0.05) is 0 Å². The Kier molecular flexibility index (Phi) is 4.76. The maximum Gasteiger partial charge on any atom is 0.401 e. The lowest BCUT2D eigenvalue weighted by Gasteiger charge is -2.20. The van der Waals surface area contributed by atoms with Crippen molar-refractivity contribution in [3.8, 4) is 0 Å². The first-order valence-corrected chi connectivity index (χ1v) is 3.75. The van der Waals surface area contributed by atoms with Gasteiger partial charge in [-0.3, -0.25) is 9.69 Å². The molecule has 78 valence electrons. The number of halogens is 3. The quantitative estimate of drug-likeness (QED) is 0.633. The predicted molar refractivity (Wildman–Crippen MR) is 40.2 cm³/mol. The third kappa shape index (κ3) is 6.39. The van der Waals surface area contributed by atoms with E-state index in [0.29, 0.717) is 0 Å². The molecule has 0 amide bonds. The molecule has 0 aliphatic rings. The fraction of sp³-hybridized carbons (Fsp3) is 0.857. The third-order valence-electron chi connectivity index (χ3n) is 1.43. The SMILES string of the molecule is CCN(CC(=O)OC)CC(F)(F)F. The zero-order chi connectivity index (χ0) is 10.5. The van der Waals surface area contributed by atoms with Gasteiger partial charge in [0.15, 0.2) is 0 Å². The van der Waals surface area contributed by atoms with Gasteiger partial charge in [0.25, 0.3) is 0 Å². The second kappa shape index (κ2) is 5.06. The summed E-state index contributed by atoms with van der Waals surface area (Å²) < 4.78 is 39.8. The molecule has 0 aromatic heterocycles. The summed E-state index contributed by atoms with van der Waals surface area (Å²) >= 11 is 0. The minimum absolute atomic E-state index is 0.161. The molecule has 0 aliphatic heterocycles. The fourth-order valence-corrected chi connectivity index (χ4v) is 0.780. The van der Waals surface area contributed by atoms with Crippen LogP contribution >= 0.6 is 0 Å². The Labute approximate surface area is 74.5 Å². The number of alkyl halides is 3. The summed E-state index contributed by atoms with van der Waals surface area (Å²) in [6.07, 6.45) is -4.27. The summed E-state index contributed by atoms with van der Waals surface area (Å²) in [7, 11) is 1.14. The molecule has 0 aliphatic carbocycles. The van der Waals surface area contributed by atoms with Gasteiger partial charge in [-0.25, -0.2) is 0 Å². The highest BCUT2D eigenvalue weighted by Crippen LogP contribution is 2.15. The first-order valence-electron chi connectivity index (χ1n) is 3.75. The number of rotatable bonds is 4. The number of ether oxygens (including phenoxy) is 1. The van der Waals surface area contributed by atoms with Crippen LogP contribution in [0.2, 0.25) is 0 Å². The fourth-order valence-electron chi connectivity index (χ4n) is 0.780. The molecule has 0 saturated carbocycles. The van der Waals surface area contributed by atoms with Gasteiger partial charge in [0.1, 0.15) is 0 Å². The van der Waals surface area contributed by atoms with E-state index in [1.165, 1.54) is 0 Å². The lowest BCUT2D eigenvalue weighted by Crippen LogP contribution is -2.38. The average Bonchev–Trinajstić information content (AvgIpc) is 2.00. The largest absolute Gasteiger partial charge is 0.468 e. The van der Waals surface area contributed by atoms with Crippen LogP contribution in [0, 0.1) is 0 Å². The highest BCUT2D eigenvalue weighted by atomic mass is 19.4. The second-order valence-electron chi connectivity index (χ2n) is 2.49. The van der Waals surface area contributed by atoms with Crippen LogP contribution in [-0.4, -0.2) is 43.8 Å². The van der Waals surface area contributed by atoms with Crippen LogP contribution in [0.25, 0.3) is 0 Å².